The maximum Gasteiger partial charge on any atom is 0.266 e. The number of amidine groups is 1. The molecule has 1 saturated heterocycles. The molecule has 0 N–H and O–H groups in total. The van der Waals surface area contributed by atoms with E-state index in [1.165, 1.54) is 28.3 Å². The molecule has 1 aromatic heterocycles. The summed E-state index contributed by atoms with van der Waals surface area (Å²) in [6.07, 6.45) is 3.41. The number of hydrogen-bond acceptors (Lipinski definition) is 5. The summed E-state index contributed by atoms with van der Waals surface area (Å²) in [5, 5.41) is 5.01. The fraction of sp³-hybridized carbons (Fsp3) is 0.176. The van der Waals surface area contributed by atoms with E-state index >= 15 is 0 Å². The number of carbonyl (C=O) groups excluding carboxylic acids is 2. The second kappa shape index (κ2) is 6.45. The van der Waals surface area contributed by atoms with Crippen molar-refractivity contribution in [2.24, 2.45) is 4.99 Å². The molecule has 1 amide bonds. The van der Waals surface area contributed by atoms with Gasteiger partial charge in [0, 0.05) is 38.3 Å². The monoisotopic (exact) mass is 340 g/mol. The van der Waals surface area contributed by atoms with Gasteiger partial charge in [-0.1, -0.05) is 30.3 Å². The Hall–Kier alpha value is -2.67. The number of carbonyl (C=O) groups is 2. The summed E-state index contributed by atoms with van der Waals surface area (Å²) in [7, 11) is 3.34. The van der Waals surface area contributed by atoms with Crippen LogP contribution in [0.3, 0.4) is 0 Å². The second-order valence-electron chi connectivity index (χ2n) is 5.24. The molecule has 0 saturated carbocycles. The summed E-state index contributed by atoms with van der Waals surface area (Å²) in [5.74, 6) is -0.301. The molecule has 2 aromatic rings. The van der Waals surface area contributed by atoms with Crippen LogP contribution in [0, 0.1) is 0 Å². The van der Waals surface area contributed by atoms with Crippen molar-refractivity contribution < 1.29 is 9.59 Å². The first-order valence-corrected chi connectivity index (χ1v) is 8.13. The molecular formula is C17H16N4O2S. The van der Waals surface area contributed by atoms with Crippen LogP contribution >= 0.6 is 11.8 Å². The molecule has 0 bridgehead atoms. The van der Waals surface area contributed by atoms with E-state index in [2.05, 4.69) is 10.1 Å². The van der Waals surface area contributed by atoms with Gasteiger partial charge in [-0.05, 0) is 17.8 Å². The van der Waals surface area contributed by atoms with Crippen LogP contribution in [0.2, 0.25) is 0 Å². The molecule has 1 aromatic carbocycles. The first-order valence-electron chi connectivity index (χ1n) is 7.31. The number of thioether (sulfide) groups is 1. The highest BCUT2D eigenvalue weighted by atomic mass is 32.2. The number of amides is 1. The smallest absolute Gasteiger partial charge is 0.266 e. The van der Waals surface area contributed by atoms with Gasteiger partial charge in [0.2, 0.25) is 5.91 Å². The van der Waals surface area contributed by atoms with Gasteiger partial charge in [0.05, 0.1) is 4.91 Å². The molecule has 7 heteroatoms. The van der Waals surface area contributed by atoms with Crippen molar-refractivity contribution in [3.8, 4) is 11.3 Å². The standard InChI is InChI=1S/C17H16N4O2S/c1-11(22)21-10-13(15(19-21)12-7-5-4-6-8-12)9-14-16(23)20(3)17(18-2)24-14/h4-10H,1-3H3/b14-9-,18-17?. The zero-order chi connectivity index (χ0) is 17.3. The molecule has 122 valence electrons. The lowest BCUT2D eigenvalue weighted by molar-refractivity contribution is -0.121. The summed E-state index contributed by atoms with van der Waals surface area (Å²) < 4.78 is 1.29. The van der Waals surface area contributed by atoms with Gasteiger partial charge in [-0.2, -0.15) is 5.10 Å². The predicted molar refractivity (Wildman–Crippen MR) is 95.7 cm³/mol. The number of likely N-dealkylation sites (N-methyl/N-ethyl adjacent to an activating group) is 1. The Morgan fingerprint density at radius 3 is 2.58 bits per heavy atom. The zero-order valence-corrected chi connectivity index (χ0v) is 14.4. The molecule has 0 radical (unpaired) electrons. The Morgan fingerprint density at radius 2 is 2.00 bits per heavy atom. The zero-order valence-electron chi connectivity index (χ0n) is 13.6. The van der Waals surface area contributed by atoms with E-state index in [0.29, 0.717) is 15.8 Å². The van der Waals surface area contributed by atoms with Crippen LogP contribution in [0.15, 0.2) is 46.4 Å². The Morgan fingerprint density at radius 1 is 1.29 bits per heavy atom. The largest absolute Gasteiger partial charge is 0.290 e. The van der Waals surface area contributed by atoms with E-state index < -0.39 is 0 Å². The van der Waals surface area contributed by atoms with Crippen LogP contribution in [0.1, 0.15) is 17.3 Å². The van der Waals surface area contributed by atoms with Gasteiger partial charge in [0.1, 0.15) is 5.69 Å². The Bertz CT molecular complexity index is 868. The number of rotatable bonds is 2. The number of hydrogen-bond donors (Lipinski definition) is 0. The highest BCUT2D eigenvalue weighted by Gasteiger charge is 2.30. The fourth-order valence-corrected chi connectivity index (χ4v) is 3.28. The number of benzene rings is 1. The summed E-state index contributed by atoms with van der Waals surface area (Å²) >= 11 is 1.31. The van der Waals surface area contributed by atoms with Gasteiger partial charge in [0.15, 0.2) is 5.17 Å². The third-order valence-corrected chi connectivity index (χ3v) is 4.75. The molecule has 1 aliphatic heterocycles. The lowest BCUT2D eigenvalue weighted by atomic mass is 10.1. The normalized spacial score (nSPS) is 18.0. The minimum Gasteiger partial charge on any atom is -0.290 e. The topological polar surface area (TPSA) is 67.6 Å². The molecular weight excluding hydrogens is 324 g/mol. The quantitative estimate of drug-likeness (QED) is 0.789. The van der Waals surface area contributed by atoms with Crippen molar-refractivity contribution in [3.63, 3.8) is 0 Å². The average molecular weight is 340 g/mol. The Labute approximate surface area is 143 Å². The third kappa shape index (κ3) is 2.90. The molecule has 24 heavy (non-hydrogen) atoms. The first kappa shape index (κ1) is 16.2. The number of nitrogens with zero attached hydrogens (tertiary/aromatic N) is 4. The van der Waals surface area contributed by atoms with E-state index in [4.69, 9.17) is 0 Å². The number of aromatic nitrogens is 2. The summed E-state index contributed by atoms with van der Waals surface area (Å²) in [4.78, 5) is 30.2. The van der Waals surface area contributed by atoms with E-state index in [1.807, 2.05) is 30.3 Å². The lowest BCUT2D eigenvalue weighted by Crippen LogP contribution is -2.23. The van der Waals surface area contributed by atoms with Crippen molar-refractivity contribution in [2.75, 3.05) is 14.1 Å². The molecule has 6 nitrogen and oxygen atoms in total. The van der Waals surface area contributed by atoms with Gasteiger partial charge in [-0.15, -0.1) is 0 Å². The van der Waals surface area contributed by atoms with E-state index in [1.54, 1.807) is 26.4 Å². The Balaban J connectivity index is 2.10. The summed E-state index contributed by atoms with van der Waals surface area (Å²) in [5.41, 5.74) is 2.27. The summed E-state index contributed by atoms with van der Waals surface area (Å²) in [6, 6.07) is 9.57. The SMILES string of the molecule is CN=C1S/C(=C\c2cn(C(C)=O)nc2-c2ccccc2)C(=O)N1C. The third-order valence-electron chi connectivity index (χ3n) is 3.59. The van der Waals surface area contributed by atoms with Gasteiger partial charge < -0.3 is 0 Å². The molecule has 1 fully saturated rings. The van der Waals surface area contributed by atoms with Crippen LogP contribution in [-0.4, -0.2) is 45.8 Å². The highest BCUT2D eigenvalue weighted by molar-refractivity contribution is 8.18. The predicted octanol–water partition coefficient (Wildman–Crippen LogP) is 2.74. The maximum absolute atomic E-state index is 12.3. The maximum atomic E-state index is 12.3. The van der Waals surface area contributed by atoms with E-state index in [-0.39, 0.29) is 11.8 Å². The van der Waals surface area contributed by atoms with E-state index in [0.717, 1.165) is 11.1 Å². The van der Waals surface area contributed by atoms with Gasteiger partial charge in [-0.25, -0.2) is 4.68 Å². The van der Waals surface area contributed by atoms with Crippen LogP contribution in [0.25, 0.3) is 17.3 Å². The Kier molecular flexibility index (Phi) is 4.35. The first-order chi connectivity index (χ1) is 11.5. The van der Waals surface area contributed by atoms with Crippen molar-refractivity contribution in [1.82, 2.24) is 14.7 Å². The molecule has 0 aliphatic carbocycles. The minimum atomic E-state index is -0.185. The highest BCUT2D eigenvalue weighted by Crippen LogP contribution is 2.33. The van der Waals surface area contributed by atoms with Crippen molar-refractivity contribution >= 4 is 34.8 Å². The minimum absolute atomic E-state index is 0.116. The van der Waals surface area contributed by atoms with Crippen molar-refractivity contribution in [1.29, 1.82) is 0 Å². The molecule has 0 spiro atoms. The molecule has 2 heterocycles. The average Bonchev–Trinajstić information content (AvgIpc) is 3.12. The van der Waals surface area contributed by atoms with Crippen LogP contribution in [0.5, 0.6) is 0 Å². The van der Waals surface area contributed by atoms with Crippen molar-refractivity contribution in [3.05, 3.63) is 47.0 Å². The second-order valence-corrected chi connectivity index (χ2v) is 6.25. The lowest BCUT2D eigenvalue weighted by Gasteiger charge is -2.05. The van der Waals surface area contributed by atoms with E-state index in [9.17, 15) is 9.59 Å². The number of aliphatic imine (C=N–C) groups is 1. The fourth-order valence-electron chi connectivity index (χ4n) is 2.37. The van der Waals surface area contributed by atoms with Crippen molar-refractivity contribution in [2.45, 2.75) is 6.92 Å². The molecule has 1 aliphatic rings. The molecule has 0 atom stereocenters. The van der Waals surface area contributed by atoms with Crippen LogP contribution < -0.4 is 0 Å². The molecule has 3 rings (SSSR count). The van der Waals surface area contributed by atoms with Crippen LogP contribution in [-0.2, 0) is 4.79 Å². The van der Waals surface area contributed by atoms with Gasteiger partial charge in [-0.3, -0.25) is 19.5 Å². The van der Waals surface area contributed by atoms with Gasteiger partial charge >= 0.3 is 0 Å². The summed E-state index contributed by atoms with van der Waals surface area (Å²) in [6.45, 7) is 1.45. The molecule has 0 unspecified atom stereocenters. The van der Waals surface area contributed by atoms with Crippen LogP contribution in [0.4, 0.5) is 0 Å². The van der Waals surface area contributed by atoms with Gasteiger partial charge in [0.25, 0.3) is 5.91 Å².